The van der Waals surface area contributed by atoms with Gasteiger partial charge in [-0.1, -0.05) is 33.8 Å². The molecule has 0 amide bonds. The van der Waals surface area contributed by atoms with Crippen LogP contribution in [0.15, 0.2) is 18.2 Å². The lowest BCUT2D eigenvalue weighted by Gasteiger charge is -2.24. The van der Waals surface area contributed by atoms with Crippen molar-refractivity contribution in [2.24, 2.45) is 5.41 Å². The average Bonchev–Trinajstić information content (AvgIpc) is 2.26. The summed E-state index contributed by atoms with van der Waals surface area (Å²) in [5.74, 6) is -0.131. The summed E-state index contributed by atoms with van der Waals surface area (Å²) in [5.41, 5.74) is 2.39. The van der Waals surface area contributed by atoms with E-state index < -0.39 is 0 Å². The van der Waals surface area contributed by atoms with Gasteiger partial charge in [-0.2, -0.15) is 0 Å². The Balaban J connectivity index is 2.82. The molecule has 1 aromatic carbocycles. The molecule has 1 rings (SSSR count). The quantitative estimate of drug-likeness (QED) is 0.763. The number of aryl methyl sites for hydroxylation is 1. The van der Waals surface area contributed by atoms with Crippen LogP contribution in [0.2, 0.25) is 0 Å². The van der Waals surface area contributed by atoms with Gasteiger partial charge in [0.15, 0.2) is 0 Å². The van der Waals surface area contributed by atoms with Gasteiger partial charge in [0.05, 0.1) is 0 Å². The smallest absolute Gasteiger partial charge is 0.123 e. The zero-order valence-electron chi connectivity index (χ0n) is 13.0. The van der Waals surface area contributed by atoms with Crippen molar-refractivity contribution in [3.63, 3.8) is 0 Å². The normalized spacial score (nSPS) is 13.6. The van der Waals surface area contributed by atoms with E-state index in [9.17, 15) is 4.39 Å². The van der Waals surface area contributed by atoms with Gasteiger partial charge < -0.3 is 5.32 Å². The van der Waals surface area contributed by atoms with Gasteiger partial charge >= 0.3 is 0 Å². The number of halogens is 1. The fourth-order valence-electron chi connectivity index (χ4n) is 2.25. The van der Waals surface area contributed by atoms with Gasteiger partial charge in [-0.05, 0) is 61.4 Å². The van der Waals surface area contributed by atoms with Gasteiger partial charge in [-0.15, -0.1) is 0 Å². The van der Waals surface area contributed by atoms with Crippen molar-refractivity contribution in [1.82, 2.24) is 5.32 Å². The van der Waals surface area contributed by atoms with Gasteiger partial charge in [0.2, 0.25) is 0 Å². The average molecular weight is 265 g/mol. The molecule has 0 fully saturated rings. The van der Waals surface area contributed by atoms with Crippen LogP contribution in [0.3, 0.4) is 0 Å². The Bertz CT molecular complexity index is 372. The third kappa shape index (κ3) is 6.20. The minimum Gasteiger partial charge on any atom is -0.310 e. The van der Waals surface area contributed by atoms with E-state index in [1.165, 1.54) is 0 Å². The molecule has 0 saturated heterocycles. The summed E-state index contributed by atoms with van der Waals surface area (Å²) < 4.78 is 13.6. The lowest BCUT2D eigenvalue weighted by Crippen LogP contribution is -2.24. The number of benzene rings is 1. The van der Waals surface area contributed by atoms with Crippen LogP contribution < -0.4 is 5.32 Å². The fourth-order valence-corrected chi connectivity index (χ4v) is 2.25. The van der Waals surface area contributed by atoms with Crippen LogP contribution in [-0.2, 0) is 0 Å². The lowest BCUT2D eigenvalue weighted by atomic mass is 9.87. The molecule has 0 radical (unpaired) electrons. The second kappa shape index (κ2) is 7.04. The molecule has 0 spiro atoms. The Morgan fingerprint density at radius 1 is 1.21 bits per heavy atom. The van der Waals surface area contributed by atoms with Gasteiger partial charge in [0.1, 0.15) is 5.82 Å². The van der Waals surface area contributed by atoms with Crippen LogP contribution in [-0.4, -0.2) is 6.54 Å². The topological polar surface area (TPSA) is 12.0 Å². The van der Waals surface area contributed by atoms with Crippen molar-refractivity contribution in [1.29, 1.82) is 0 Å². The summed E-state index contributed by atoms with van der Waals surface area (Å²) >= 11 is 0. The predicted octanol–water partition coefficient (Wildman–Crippen LogP) is 5.00. The maximum Gasteiger partial charge on any atom is 0.123 e. The highest BCUT2D eigenvalue weighted by Crippen LogP contribution is 2.28. The van der Waals surface area contributed by atoms with Crippen LogP contribution in [0.4, 0.5) is 4.39 Å². The third-order valence-electron chi connectivity index (χ3n) is 3.29. The van der Waals surface area contributed by atoms with Gasteiger partial charge in [0, 0.05) is 6.04 Å². The van der Waals surface area contributed by atoms with Crippen molar-refractivity contribution < 1.29 is 4.39 Å². The molecule has 1 nitrogen and oxygen atoms in total. The first-order valence-corrected chi connectivity index (χ1v) is 7.32. The van der Waals surface area contributed by atoms with Crippen LogP contribution in [0.5, 0.6) is 0 Å². The van der Waals surface area contributed by atoms with Gasteiger partial charge in [-0.3, -0.25) is 0 Å². The molecule has 2 heteroatoms. The second-order valence-corrected chi connectivity index (χ2v) is 6.67. The first kappa shape index (κ1) is 16.2. The van der Waals surface area contributed by atoms with Crippen molar-refractivity contribution in [2.45, 2.75) is 59.9 Å². The van der Waals surface area contributed by atoms with E-state index in [1.807, 2.05) is 6.92 Å². The first-order valence-electron chi connectivity index (χ1n) is 7.32. The minimum atomic E-state index is -0.131. The summed E-state index contributed by atoms with van der Waals surface area (Å²) in [6.45, 7) is 11.8. The molecule has 0 saturated carbocycles. The number of hydrogen-bond acceptors (Lipinski definition) is 1. The highest BCUT2D eigenvalue weighted by atomic mass is 19.1. The first-order chi connectivity index (χ1) is 8.81. The van der Waals surface area contributed by atoms with Crippen LogP contribution >= 0.6 is 0 Å². The van der Waals surface area contributed by atoms with Crippen molar-refractivity contribution in [3.8, 4) is 0 Å². The highest BCUT2D eigenvalue weighted by molar-refractivity contribution is 5.26. The fraction of sp³-hybridized carbons (Fsp3) is 0.647. The third-order valence-corrected chi connectivity index (χ3v) is 3.29. The van der Waals surface area contributed by atoms with Crippen LogP contribution in [0.1, 0.15) is 64.1 Å². The Kier molecular flexibility index (Phi) is 5.99. The summed E-state index contributed by atoms with van der Waals surface area (Å²) in [4.78, 5) is 0. The molecule has 0 heterocycles. The van der Waals surface area contributed by atoms with E-state index in [2.05, 4.69) is 39.1 Å². The van der Waals surface area contributed by atoms with Gasteiger partial charge in [0.25, 0.3) is 0 Å². The zero-order chi connectivity index (χ0) is 14.5. The molecule has 1 unspecified atom stereocenters. The van der Waals surface area contributed by atoms with E-state index in [0.29, 0.717) is 5.41 Å². The second-order valence-electron chi connectivity index (χ2n) is 6.67. The van der Waals surface area contributed by atoms with E-state index in [-0.39, 0.29) is 11.9 Å². The molecule has 1 atom stereocenters. The molecule has 108 valence electrons. The molecule has 1 N–H and O–H groups in total. The highest BCUT2D eigenvalue weighted by Gasteiger charge is 2.17. The standard InChI is InChI=1S/C17H28FN/c1-6-9-19-16(7-8-17(3,4)5)14-10-13(2)11-15(18)12-14/h10-12,16,19H,6-9H2,1-5H3. The maximum atomic E-state index is 13.6. The van der Waals surface area contributed by atoms with Crippen molar-refractivity contribution >= 4 is 0 Å². The van der Waals surface area contributed by atoms with E-state index in [0.717, 1.165) is 36.9 Å². The Morgan fingerprint density at radius 3 is 2.42 bits per heavy atom. The molecule has 0 aliphatic carbocycles. The van der Waals surface area contributed by atoms with E-state index in [1.54, 1.807) is 12.1 Å². The predicted molar refractivity (Wildman–Crippen MR) is 80.9 cm³/mol. The molecule has 19 heavy (non-hydrogen) atoms. The maximum absolute atomic E-state index is 13.6. The molecule has 0 aromatic heterocycles. The van der Waals surface area contributed by atoms with E-state index in [4.69, 9.17) is 0 Å². The summed E-state index contributed by atoms with van der Waals surface area (Å²) in [7, 11) is 0. The molecular weight excluding hydrogens is 237 g/mol. The van der Waals surface area contributed by atoms with Crippen molar-refractivity contribution in [3.05, 3.63) is 35.1 Å². The lowest BCUT2D eigenvalue weighted by molar-refractivity contribution is 0.332. The number of hydrogen-bond donors (Lipinski definition) is 1. The Hall–Kier alpha value is -0.890. The molecule has 0 aliphatic rings. The monoisotopic (exact) mass is 265 g/mol. The Labute approximate surface area is 117 Å². The number of rotatable bonds is 6. The number of nitrogens with one attached hydrogen (secondary N) is 1. The molecule has 0 bridgehead atoms. The van der Waals surface area contributed by atoms with Crippen LogP contribution in [0.25, 0.3) is 0 Å². The summed E-state index contributed by atoms with van der Waals surface area (Å²) in [6.07, 6.45) is 3.27. The SMILES string of the molecule is CCCNC(CCC(C)(C)C)c1cc(C)cc(F)c1. The minimum absolute atomic E-state index is 0.131. The van der Waals surface area contributed by atoms with Gasteiger partial charge in [-0.25, -0.2) is 4.39 Å². The molecule has 0 aliphatic heterocycles. The summed E-state index contributed by atoms with van der Waals surface area (Å²) in [6, 6.07) is 5.61. The van der Waals surface area contributed by atoms with Crippen LogP contribution in [0, 0.1) is 18.2 Å². The van der Waals surface area contributed by atoms with Crippen molar-refractivity contribution in [2.75, 3.05) is 6.54 Å². The molecule has 1 aromatic rings. The largest absolute Gasteiger partial charge is 0.310 e. The molecular formula is C17H28FN. The zero-order valence-corrected chi connectivity index (χ0v) is 13.0. The van der Waals surface area contributed by atoms with E-state index >= 15 is 0 Å². The Morgan fingerprint density at radius 2 is 1.89 bits per heavy atom. The summed E-state index contributed by atoms with van der Waals surface area (Å²) in [5, 5.41) is 3.55.